The minimum atomic E-state index is 0.00871. The van der Waals surface area contributed by atoms with Gasteiger partial charge in [0.15, 0.2) is 0 Å². The number of ether oxygens (including phenoxy) is 1. The molecule has 0 saturated heterocycles. The van der Waals surface area contributed by atoms with Crippen LogP contribution in [0, 0.1) is 17.8 Å². The van der Waals surface area contributed by atoms with Gasteiger partial charge in [0.1, 0.15) is 0 Å². The predicted molar refractivity (Wildman–Crippen MR) is 77.5 cm³/mol. The molecule has 0 aliphatic heterocycles. The third kappa shape index (κ3) is 8.54. The number of esters is 1. The Labute approximate surface area is 113 Å². The molecule has 0 spiro atoms. The van der Waals surface area contributed by atoms with Gasteiger partial charge in [-0.25, -0.2) is 0 Å². The minimum Gasteiger partial charge on any atom is -0.462 e. The lowest BCUT2D eigenvalue weighted by Crippen LogP contribution is -2.23. The Balaban J connectivity index is 4.02. The molecule has 0 fully saturated rings. The van der Waals surface area contributed by atoms with Crippen LogP contribution in [0.25, 0.3) is 0 Å². The summed E-state index contributed by atoms with van der Waals surface area (Å²) in [7, 11) is 0. The van der Waals surface area contributed by atoms with E-state index in [1.165, 1.54) is 0 Å². The van der Waals surface area contributed by atoms with Gasteiger partial charge >= 0.3 is 5.97 Å². The van der Waals surface area contributed by atoms with Gasteiger partial charge in [-0.15, -0.1) is 0 Å². The molecule has 0 amide bonds. The van der Waals surface area contributed by atoms with Crippen LogP contribution in [0.5, 0.6) is 0 Å². The van der Waals surface area contributed by atoms with Gasteiger partial charge in [0.2, 0.25) is 0 Å². The third-order valence-corrected chi connectivity index (χ3v) is 3.39. The predicted octanol–water partition coefficient (Wildman–Crippen LogP) is 4.82. The number of hydrogen-bond acceptors (Lipinski definition) is 2. The molecular formula is C16H32O2. The maximum atomic E-state index is 12.0. The second kappa shape index (κ2) is 9.41. The zero-order valence-corrected chi connectivity index (χ0v) is 13.2. The number of carbonyl (C=O) groups excluding carboxylic acids is 1. The van der Waals surface area contributed by atoms with E-state index >= 15 is 0 Å². The fraction of sp³-hybridized carbons (Fsp3) is 0.938. The van der Waals surface area contributed by atoms with Crippen LogP contribution in [0.4, 0.5) is 0 Å². The molecule has 2 heteroatoms. The van der Waals surface area contributed by atoms with Crippen molar-refractivity contribution in [2.45, 2.75) is 79.8 Å². The Morgan fingerprint density at radius 1 is 0.889 bits per heavy atom. The molecule has 0 aliphatic carbocycles. The highest BCUT2D eigenvalue weighted by Gasteiger charge is 2.20. The molecule has 0 rings (SSSR count). The van der Waals surface area contributed by atoms with E-state index < -0.39 is 0 Å². The Morgan fingerprint density at radius 3 is 1.83 bits per heavy atom. The van der Waals surface area contributed by atoms with Gasteiger partial charge in [-0.3, -0.25) is 4.79 Å². The summed E-state index contributed by atoms with van der Waals surface area (Å²) < 4.78 is 5.55. The number of hydrogen-bond donors (Lipinski definition) is 0. The lowest BCUT2D eigenvalue weighted by molar-refractivity contribution is -0.154. The lowest BCUT2D eigenvalue weighted by atomic mass is 9.96. The van der Waals surface area contributed by atoms with Gasteiger partial charge < -0.3 is 4.74 Å². The van der Waals surface area contributed by atoms with Crippen LogP contribution in [0.15, 0.2) is 0 Å². The quantitative estimate of drug-likeness (QED) is 0.553. The van der Waals surface area contributed by atoms with Crippen LogP contribution in [0.2, 0.25) is 0 Å². The first-order chi connectivity index (χ1) is 8.36. The van der Waals surface area contributed by atoms with Gasteiger partial charge in [0, 0.05) is 0 Å². The van der Waals surface area contributed by atoms with Gasteiger partial charge in [0.05, 0.1) is 12.0 Å². The molecule has 2 atom stereocenters. The highest BCUT2D eigenvalue weighted by molar-refractivity contribution is 5.72. The molecule has 18 heavy (non-hydrogen) atoms. The first kappa shape index (κ1) is 17.5. The topological polar surface area (TPSA) is 26.3 Å². The highest BCUT2D eigenvalue weighted by Crippen LogP contribution is 2.19. The van der Waals surface area contributed by atoms with Crippen LogP contribution < -0.4 is 0 Å². The van der Waals surface area contributed by atoms with E-state index in [9.17, 15) is 4.79 Å². The van der Waals surface area contributed by atoms with Crippen molar-refractivity contribution in [3.05, 3.63) is 0 Å². The molecule has 0 radical (unpaired) electrons. The standard InChI is InChI=1S/C16H32O2/c1-7-15(11-9-13(4)5)16(17)18-14(6)10-8-12(2)3/h12-15H,7-11H2,1-6H3. The Kier molecular flexibility index (Phi) is 9.13. The Hall–Kier alpha value is -0.530. The summed E-state index contributed by atoms with van der Waals surface area (Å²) in [6, 6.07) is 0. The minimum absolute atomic E-state index is 0.00871. The fourth-order valence-corrected chi connectivity index (χ4v) is 1.94. The maximum absolute atomic E-state index is 12.0. The van der Waals surface area contributed by atoms with Crippen molar-refractivity contribution in [3.63, 3.8) is 0 Å². The first-order valence-corrected chi connectivity index (χ1v) is 7.57. The molecule has 108 valence electrons. The molecule has 0 N–H and O–H groups in total. The summed E-state index contributed by atoms with van der Waals surface area (Å²) in [6.45, 7) is 12.9. The third-order valence-electron chi connectivity index (χ3n) is 3.39. The van der Waals surface area contributed by atoms with E-state index in [4.69, 9.17) is 4.74 Å². The van der Waals surface area contributed by atoms with Crippen LogP contribution >= 0.6 is 0 Å². The zero-order valence-electron chi connectivity index (χ0n) is 13.2. The Bertz CT molecular complexity index is 221. The van der Waals surface area contributed by atoms with E-state index in [0.29, 0.717) is 11.8 Å². The summed E-state index contributed by atoms with van der Waals surface area (Å²) in [5, 5.41) is 0. The van der Waals surface area contributed by atoms with Crippen LogP contribution in [0.1, 0.15) is 73.6 Å². The summed E-state index contributed by atoms with van der Waals surface area (Å²) in [5.41, 5.74) is 0. The van der Waals surface area contributed by atoms with Gasteiger partial charge in [-0.1, -0.05) is 41.0 Å². The molecule has 2 unspecified atom stereocenters. The van der Waals surface area contributed by atoms with Crippen LogP contribution in [-0.2, 0) is 9.53 Å². The van der Waals surface area contributed by atoms with Crippen molar-refractivity contribution in [2.24, 2.45) is 17.8 Å². The normalized spacial score (nSPS) is 14.9. The summed E-state index contributed by atoms with van der Waals surface area (Å²) in [4.78, 5) is 12.0. The average molecular weight is 256 g/mol. The monoisotopic (exact) mass is 256 g/mol. The van der Waals surface area contributed by atoms with Crippen molar-refractivity contribution >= 4 is 5.97 Å². The molecule has 0 aromatic carbocycles. The molecule has 0 aromatic rings. The second-order valence-electron chi connectivity index (χ2n) is 6.30. The van der Waals surface area contributed by atoms with Crippen molar-refractivity contribution in [1.82, 2.24) is 0 Å². The number of carbonyl (C=O) groups is 1. The first-order valence-electron chi connectivity index (χ1n) is 7.57. The van der Waals surface area contributed by atoms with E-state index in [1.807, 2.05) is 6.92 Å². The van der Waals surface area contributed by atoms with Crippen molar-refractivity contribution in [1.29, 1.82) is 0 Å². The molecule has 0 heterocycles. The lowest BCUT2D eigenvalue weighted by Gasteiger charge is -2.19. The molecule has 0 aliphatic rings. The molecule has 0 bridgehead atoms. The largest absolute Gasteiger partial charge is 0.462 e. The van der Waals surface area contributed by atoms with Crippen LogP contribution in [0.3, 0.4) is 0 Å². The maximum Gasteiger partial charge on any atom is 0.309 e. The zero-order chi connectivity index (χ0) is 14.1. The van der Waals surface area contributed by atoms with Crippen molar-refractivity contribution in [3.8, 4) is 0 Å². The van der Waals surface area contributed by atoms with Crippen molar-refractivity contribution in [2.75, 3.05) is 0 Å². The van der Waals surface area contributed by atoms with Crippen LogP contribution in [-0.4, -0.2) is 12.1 Å². The van der Waals surface area contributed by atoms with E-state index in [-0.39, 0.29) is 18.0 Å². The molecule has 0 aromatic heterocycles. The van der Waals surface area contributed by atoms with Gasteiger partial charge in [-0.2, -0.15) is 0 Å². The smallest absolute Gasteiger partial charge is 0.309 e. The SMILES string of the molecule is CCC(CCC(C)C)C(=O)OC(C)CCC(C)C. The summed E-state index contributed by atoms with van der Waals surface area (Å²) in [6.07, 6.45) is 5.12. The van der Waals surface area contributed by atoms with E-state index in [2.05, 4.69) is 34.6 Å². The summed E-state index contributed by atoms with van der Waals surface area (Å²) >= 11 is 0. The fourth-order valence-electron chi connectivity index (χ4n) is 1.94. The van der Waals surface area contributed by atoms with Gasteiger partial charge in [0.25, 0.3) is 0 Å². The molecular weight excluding hydrogens is 224 g/mol. The van der Waals surface area contributed by atoms with Crippen molar-refractivity contribution < 1.29 is 9.53 Å². The number of rotatable bonds is 9. The van der Waals surface area contributed by atoms with E-state index in [0.717, 1.165) is 32.1 Å². The average Bonchev–Trinajstić information content (AvgIpc) is 2.26. The Morgan fingerprint density at radius 2 is 1.39 bits per heavy atom. The highest BCUT2D eigenvalue weighted by atomic mass is 16.5. The molecule has 2 nitrogen and oxygen atoms in total. The molecule has 0 saturated carbocycles. The second-order valence-corrected chi connectivity index (χ2v) is 6.30. The summed E-state index contributed by atoms with van der Waals surface area (Å²) in [5.74, 6) is 1.43. The van der Waals surface area contributed by atoms with Gasteiger partial charge in [-0.05, 0) is 44.4 Å². The van der Waals surface area contributed by atoms with E-state index in [1.54, 1.807) is 0 Å².